The lowest BCUT2D eigenvalue weighted by Gasteiger charge is -2.13. The third-order valence-corrected chi connectivity index (χ3v) is 3.09. The van der Waals surface area contributed by atoms with Gasteiger partial charge in [-0.05, 0) is 18.2 Å². The molecule has 0 fully saturated rings. The molecule has 0 spiro atoms. The number of halogens is 3. The van der Waals surface area contributed by atoms with Crippen LogP contribution in [-0.2, 0) is 12.6 Å². The Morgan fingerprint density at radius 1 is 1.05 bits per heavy atom. The Morgan fingerprint density at radius 3 is 2.47 bits per heavy atom. The lowest BCUT2D eigenvalue weighted by molar-refractivity contribution is -0.137. The van der Waals surface area contributed by atoms with Crippen molar-refractivity contribution in [1.29, 1.82) is 0 Å². The van der Waals surface area contributed by atoms with E-state index in [-0.39, 0.29) is 0 Å². The Labute approximate surface area is 107 Å². The summed E-state index contributed by atoms with van der Waals surface area (Å²) in [5, 5.41) is 0. The molecule has 98 valence electrons. The van der Waals surface area contributed by atoms with Gasteiger partial charge in [0.25, 0.3) is 0 Å². The molecule has 0 saturated heterocycles. The zero-order valence-corrected chi connectivity index (χ0v) is 9.87. The highest BCUT2D eigenvalue weighted by atomic mass is 19.4. The van der Waals surface area contributed by atoms with Crippen molar-refractivity contribution in [2.24, 2.45) is 4.99 Å². The number of nitrogens with zero attached hydrogens (tertiary/aromatic N) is 1. The SMILES string of the molecule is FC(F)(F)c1ccc(C2=NCCc3occc32)cc1. The van der Waals surface area contributed by atoms with Crippen LogP contribution in [0.25, 0.3) is 0 Å². The zero-order valence-electron chi connectivity index (χ0n) is 9.87. The molecule has 1 aromatic carbocycles. The van der Waals surface area contributed by atoms with E-state index in [4.69, 9.17) is 4.42 Å². The van der Waals surface area contributed by atoms with Crippen LogP contribution in [0.5, 0.6) is 0 Å². The molecule has 3 rings (SSSR count). The molecule has 1 aliphatic rings. The molecular weight excluding hydrogens is 255 g/mol. The minimum atomic E-state index is -4.31. The lowest BCUT2D eigenvalue weighted by Crippen LogP contribution is -2.12. The van der Waals surface area contributed by atoms with E-state index in [1.54, 1.807) is 12.3 Å². The Kier molecular flexibility index (Phi) is 2.69. The van der Waals surface area contributed by atoms with E-state index in [0.29, 0.717) is 17.8 Å². The molecule has 0 amide bonds. The number of rotatable bonds is 1. The van der Waals surface area contributed by atoms with Crippen LogP contribution in [0.15, 0.2) is 46.0 Å². The summed E-state index contributed by atoms with van der Waals surface area (Å²) in [5.41, 5.74) is 1.59. The molecule has 0 unspecified atom stereocenters. The van der Waals surface area contributed by atoms with Crippen molar-refractivity contribution in [3.05, 3.63) is 59.0 Å². The summed E-state index contributed by atoms with van der Waals surface area (Å²) in [6.45, 7) is 0.594. The van der Waals surface area contributed by atoms with Crippen LogP contribution in [0.3, 0.4) is 0 Å². The van der Waals surface area contributed by atoms with Gasteiger partial charge in [0.2, 0.25) is 0 Å². The first-order chi connectivity index (χ1) is 9.05. The second kappa shape index (κ2) is 4.26. The van der Waals surface area contributed by atoms with E-state index < -0.39 is 11.7 Å². The number of hydrogen-bond acceptors (Lipinski definition) is 2. The molecule has 2 aromatic rings. The molecule has 2 nitrogen and oxygen atoms in total. The fourth-order valence-corrected chi connectivity index (χ4v) is 2.16. The fourth-order valence-electron chi connectivity index (χ4n) is 2.16. The summed E-state index contributed by atoms with van der Waals surface area (Å²) >= 11 is 0. The van der Waals surface area contributed by atoms with Crippen LogP contribution in [0, 0.1) is 0 Å². The van der Waals surface area contributed by atoms with Gasteiger partial charge in [0.1, 0.15) is 5.76 Å². The van der Waals surface area contributed by atoms with Gasteiger partial charge in [0.15, 0.2) is 0 Å². The van der Waals surface area contributed by atoms with Crippen molar-refractivity contribution >= 4 is 5.71 Å². The normalized spacial score (nSPS) is 15.0. The number of benzene rings is 1. The van der Waals surface area contributed by atoms with E-state index >= 15 is 0 Å². The van der Waals surface area contributed by atoms with Gasteiger partial charge in [-0.25, -0.2) is 0 Å². The maximum absolute atomic E-state index is 12.5. The Bertz CT molecular complexity index is 623. The maximum atomic E-state index is 12.5. The number of fused-ring (bicyclic) bond motifs is 1. The second-order valence-corrected chi connectivity index (χ2v) is 4.31. The molecule has 1 aromatic heterocycles. The number of hydrogen-bond donors (Lipinski definition) is 0. The Morgan fingerprint density at radius 2 is 1.79 bits per heavy atom. The first kappa shape index (κ1) is 12.0. The van der Waals surface area contributed by atoms with Crippen LogP contribution >= 0.6 is 0 Å². The summed E-state index contributed by atoms with van der Waals surface area (Å²) in [6, 6.07) is 6.84. The molecule has 19 heavy (non-hydrogen) atoms. The molecule has 0 saturated carbocycles. The van der Waals surface area contributed by atoms with Gasteiger partial charge in [-0.2, -0.15) is 13.2 Å². The highest BCUT2D eigenvalue weighted by molar-refractivity contribution is 6.13. The minimum absolute atomic E-state index is 0.594. The van der Waals surface area contributed by atoms with Gasteiger partial charge in [-0.1, -0.05) is 12.1 Å². The van der Waals surface area contributed by atoms with Gasteiger partial charge in [-0.3, -0.25) is 4.99 Å². The third-order valence-electron chi connectivity index (χ3n) is 3.09. The molecule has 0 N–H and O–H groups in total. The van der Waals surface area contributed by atoms with Crippen molar-refractivity contribution in [3.63, 3.8) is 0 Å². The predicted octanol–water partition coefficient (Wildman–Crippen LogP) is 3.69. The van der Waals surface area contributed by atoms with Crippen LogP contribution < -0.4 is 0 Å². The van der Waals surface area contributed by atoms with E-state index in [1.165, 1.54) is 12.1 Å². The summed E-state index contributed by atoms with van der Waals surface area (Å²) < 4.78 is 42.8. The topological polar surface area (TPSA) is 25.5 Å². The largest absolute Gasteiger partial charge is 0.469 e. The van der Waals surface area contributed by atoms with E-state index in [1.807, 2.05) is 0 Å². The predicted molar refractivity (Wildman–Crippen MR) is 64.4 cm³/mol. The summed E-state index contributed by atoms with van der Waals surface area (Å²) in [5.74, 6) is 0.838. The molecule has 1 aliphatic heterocycles. The smallest absolute Gasteiger partial charge is 0.416 e. The van der Waals surface area contributed by atoms with Gasteiger partial charge in [0, 0.05) is 24.1 Å². The Balaban J connectivity index is 1.98. The van der Waals surface area contributed by atoms with E-state index in [0.717, 1.165) is 29.9 Å². The van der Waals surface area contributed by atoms with Crippen molar-refractivity contribution < 1.29 is 17.6 Å². The number of aliphatic imine (C=N–C) groups is 1. The second-order valence-electron chi connectivity index (χ2n) is 4.31. The minimum Gasteiger partial charge on any atom is -0.469 e. The van der Waals surface area contributed by atoms with Gasteiger partial charge in [-0.15, -0.1) is 0 Å². The molecule has 5 heteroatoms. The molecule has 0 aliphatic carbocycles. The van der Waals surface area contributed by atoms with Gasteiger partial charge in [0.05, 0.1) is 17.5 Å². The fraction of sp³-hybridized carbons (Fsp3) is 0.214. The van der Waals surface area contributed by atoms with Gasteiger partial charge < -0.3 is 4.42 Å². The summed E-state index contributed by atoms with van der Waals surface area (Å²) in [4.78, 5) is 4.38. The van der Waals surface area contributed by atoms with Crippen molar-refractivity contribution in [2.75, 3.05) is 6.54 Å². The zero-order chi connectivity index (χ0) is 13.5. The van der Waals surface area contributed by atoms with Crippen molar-refractivity contribution in [3.8, 4) is 0 Å². The Hall–Kier alpha value is -2.04. The van der Waals surface area contributed by atoms with Crippen LogP contribution in [-0.4, -0.2) is 12.3 Å². The summed E-state index contributed by atoms with van der Waals surface area (Å²) in [7, 11) is 0. The molecule has 2 heterocycles. The lowest BCUT2D eigenvalue weighted by atomic mass is 9.98. The first-order valence-corrected chi connectivity index (χ1v) is 5.84. The molecule has 0 atom stereocenters. The molecule has 0 bridgehead atoms. The van der Waals surface area contributed by atoms with Crippen LogP contribution in [0.2, 0.25) is 0 Å². The quantitative estimate of drug-likeness (QED) is 0.772. The highest BCUT2D eigenvalue weighted by Crippen LogP contribution is 2.30. The average Bonchev–Trinajstić information content (AvgIpc) is 2.86. The standard InChI is InChI=1S/C14H10F3NO/c15-14(16,17)10-3-1-9(2-4-10)13-11-6-8-19-12(11)5-7-18-13/h1-4,6,8H,5,7H2. The number of alkyl halides is 3. The first-order valence-electron chi connectivity index (χ1n) is 5.84. The summed E-state index contributed by atoms with van der Waals surface area (Å²) in [6.07, 6.45) is -2.00. The van der Waals surface area contributed by atoms with Gasteiger partial charge >= 0.3 is 6.18 Å². The van der Waals surface area contributed by atoms with Crippen LogP contribution in [0.1, 0.15) is 22.5 Å². The number of furan rings is 1. The monoisotopic (exact) mass is 265 g/mol. The molecule has 0 radical (unpaired) electrons. The molecular formula is C14H10F3NO. The van der Waals surface area contributed by atoms with E-state index in [9.17, 15) is 13.2 Å². The van der Waals surface area contributed by atoms with Crippen molar-refractivity contribution in [2.45, 2.75) is 12.6 Å². The van der Waals surface area contributed by atoms with Crippen LogP contribution in [0.4, 0.5) is 13.2 Å². The average molecular weight is 265 g/mol. The maximum Gasteiger partial charge on any atom is 0.416 e. The van der Waals surface area contributed by atoms with Crippen molar-refractivity contribution in [1.82, 2.24) is 0 Å². The van der Waals surface area contributed by atoms with E-state index in [2.05, 4.69) is 4.99 Å². The highest BCUT2D eigenvalue weighted by Gasteiger charge is 2.30. The third kappa shape index (κ3) is 2.16.